The molecule has 0 saturated carbocycles. The van der Waals surface area contributed by atoms with Gasteiger partial charge >= 0.3 is 0 Å². The first-order valence-electron chi connectivity index (χ1n) is 5.82. The number of piperidine rings is 1. The second-order valence-corrected chi connectivity index (χ2v) is 5.05. The molecule has 5 nitrogen and oxygen atoms in total. The fraction of sp³-hybridized carbons (Fsp3) is 0.500. The second kappa shape index (κ2) is 6.06. The van der Waals surface area contributed by atoms with E-state index in [9.17, 15) is 9.59 Å². The van der Waals surface area contributed by atoms with E-state index in [2.05, 4.69) is 10.6 Å². The molecule has 1 unspecified atom stereocenters. The molecular formula is C12H16N2O3S. The summed E-state index contributed by atoms with van der Waals surface area (Å²) in [5, 5.41) is 5.42. The van der Waals surface area contributed by atoms with Crippen LogP contribution in [0.1, 0.15) is 24.4 Å². The van der Waals surface area contributed by atoms with Crippen LogP contribution in [0.2, 0.25) is 0 Å². The van der Waals surface area contributed by atoms with Crippen LogP contribution in [0.3, 0.4) is 0 Å². The van der Waals surface area contributed by atoms with Crippen molar-refractivity contribution in [3.63, 3.8) is 0 Å². The van der Waals surface area contributed by atoms with Crippen molar-refractivity contribution in [2.45, 2.75) is 31.2 Å². The number of thioether (sulfide) groups is 1. The molecule has 2 rings (SSSR count). The summed E-state index contributed by atoms with van der Waals surface area (Å²) in [6, 6.07) is 3.54. The van der Waals surface area contributed by atoms with Crippen LogP contribution >= 0.6 is 11.8 Å². The quantitative estimate of drug-likeness (QED) is 0.781. The van der Waals surface area contributed by atoms with Gasteiger partial charge in [0.1, 0.15) is 11.5 Å². The number of nitrogens with one attached hydrogen (secondary N) is 2. The zero-order valence-corrected chi connectivity index (χ0v) is 11.0. The number of imide groups is 1. The lowest BCUT2D eigenvalue weighted by Crippen LogP contribution is -2.50. The van der Waals surface area contributed by atoms with Gasteiger partial charge in [0.2, 0.25) is 11.8 Å². The molecule has 2 amide bonds. The Morgan fingerprint density at radius 3 is 2.94 bits per heavy atom. The molecule has 0 aliphatic carbocycles. The highest BCUT2D eigenvalue weighted by atomic mass is 32.2. The fourth-order valence-electron chi connectivity index (χ4n) is 1.85. The van der Waals surface area contributed by atoms with Crippen LogP contribution in [-0.2, 0) is 21.9 Å². The normalized spacial score (nSPS) is 19.9. The number of amides is 2. The largest absolute Gasteiger partial charge is 0.464 e. The van der Waals surface area contributed by atoms with Gasteiger partial charge in [-0.3, -0.25) is 20.2 Å². The standard InChI is InChI=1S/C12H16N2O3S/c1-18-7-9-3-2-8(17-9)6-13-10-4-5-11(15)14-12(10)16/h2-3,10,13H,4-7H2,1H3,(H,14,15,16). The molecule has 1 aromatic heterocycles. The maximum atomic E-state index is 11.5. The Kier molecular flexibility index (Phi) is 4.43. The Morgan fingerprint density at radius 1 is 1.44 bits per heavy atom. The summed E-state index contributed by atoms with van der Waals surface area (Å²) < 4.78 is 5.59. The molecule has 0 spiro atoms. The van der Waals surface area contributed by atoms with Gasteiger partial charge in [0, 0.05) is 6.42 Å². The molecule has 6 heteroatoms. The van der Waals surface area contributed by atoms with Crippen molar-refractivity contribution >= 4 is 23.6 Å². The fourth-order valence-corrected chi connectivity index (χ4v) is 2.29. The van der Waals surface area contributed by atoms with Crippen LogP contribution in [0.4, 0.5) is 0 Å². The minimum absolute atomic E-state index is 0.196. The summed E-state index contributed by atoms with van der Waals surface area (Å²) in [7, 11) is 0. The molecule has 1 fully saturated rings. The lowest BCUT2D eigenvalue weighted by atomic mass is 10.1. The van der Waals surface area contributed by atoms with Crippen molar-refractivity contribution in [1.29, 1.82) is 0 Å². The summed E-state index contributed by atoms with van der Waals surface area (Å²) in [6.07, 6.45) is 2.95. The van der Waals surface area contributed by atoms with Gasteiger partial charge in [0.25, 0.3) is 0 Å². The molecule has 0 bridgehead atoms. The summed E-state index contributed by atoms with van der Waals surface area (Å²) in [5.74, 6) is 2.14. The molecule has 1 atom stereocenters. The molecule has 98 valence electrons. The molecule has 2 heterocycles. The molecule has 2 N–H and O–H groups in total. The third kappa shape index (κ3) is 3.36. The van der Waals surface area contributed by atoms with E-state index in [1.54, 1.807) is 11.8 Å². The van der Waals surface area contributed by atoms with Crippen LogP contribution in [0.5, 0.6) is 0 Å². The number of hydrogen-bond acceptors (Lipinski definition) is 5. The van der Waals surface area contributed by atoms with Crippen molar-refractivity contribution in [2.24, 2.45) is 0 Å². The summed E-state index contributed by atoms with van der Waals surface area (Å²) in [6.45, 7) is 0.501. The van der Waals surface area contributed by atoms with Crippen LogP contribution in [0.15, 0.2) is 16.5 Å². The van der Waals surface area contributed by atoms with E-state index in [-0.39, 0.29) is 17.9 Å². The molecule has 18 heavy (non-hydrogen) atoms. The molecule has 0 radical (unpaired) electrons. The van der Waals surface area contributed by atoms with E-state index in [1.165, 1.54) is 0 Å². The SMILES string of the molecule is CSCc1ccc(CNC2CCC(=O)NC2=O)o1. The van der Waals surface area contributed by atoms with Crippen LogP contribution in [-0.4, -0.2) is 24.1 Å². The van der Waals surface area contributed by atoms with E-state index in [4.69, 9.17) is 4.42 Å². The molecule has 1 aromatic rings. The third-order valence-electron chi connectivity index (χ3n) is 2.77. The number of carbonyl (C=O) groups is 2. The average Bonchev–Trinajstić information content (AvgIpc) is 2.76. The van der Waals surface area contributed by atoms with Gasteiger partial charge in [-0.05, 0) is 24.8 Å². The highest BCUT2D eigenvalue weighted by Gasteiger charge is 2.25. The van der Waals surface area contributed by atoms with Gasteiger partial charge < -0.3 is 4.42 Å². The third-order valence-corrected chi connectivity index (χ3v) is 3.34. The Bertz CT molecular complexity index is 444. The zero-order valence-electron chi connectivity index (χ0n) is 10.2. The minimum Gasteiger partial charge on any atom is -0.464 e. The first-order valence-corrected chi connectivity index (χ1v) is 7.22. The second-order valence-electron chi connectivity index (χ2n) is 4.19. The van der Waals surface area contributed by atoms with Crippen molar-refractivity contribution in [1.82, 2.24) is 10.6 Å². The smallest absolute Gasteiger partial charge is 0.243 e. The molecule has 1 aliphatic heterocycles. The maximum Gasteiger partial charge on any atom is 0.243 e. The van der Waals surface area contributed by atoms with Gasteiger partial charge in [-0.15, -0.1) is 0 Å². The number of hydrogen-bond donors (Lipinski definition) is 2. The molecule has 0 aromatic carbocycles. The van der Waals surface area contributed by atoms with Gasteiger partial charge in [0.15, 0.2) is 0 Å². The predicted molar refractivity (Wildman–Crippen MR) is 68.9 cm³/mol. The predicted octanol–water partition coefficient (Wildman–Crippen LogP) is 1.04. The van der Waals surface area contributed by atoms with Crippen molar-refractivity contribution in [3.8, 4) is 0 Å². The summed E-state index contributed by atoms with van der Waals surface area (Å²) in [5.41, 5.74) is 0. The summed E-state index contributed by atoms with van der Waals surface area (Å²) in [4.78, 5) is 22.5. The molecular weight excluding hydrogens is 252 g/mol. The van der Waals surface area contributed by atoms with Gasteiger partial charge in [0.05, 0.1) is 18.3 Å². The molecule has 1 aliphatic rings. The lowest BCUT2D eigenvalue weighted by molar-refractivity contribution is -0.134. The first-order chi connectivity index (χ1) is 8.69. The van der Waals surface area contributed by atoms with Gasteiger partial charge in [-0.2, -0.15) is 11.8 Å². The Hall–Kier alpha value is -1.27. The minimum atomic E-state index is -0.309. The highest BCUT2D eigenvalue weighted by molar-refractivity contribution is 7.97. The first kappa shape index (κ1) is 13.2. The Balaban J connectivity index is 1.83. The van der Waals surface area contributed by atoms with Gasteiger partial charge in [-0.25, -0.2) is 0 Å². The van der Waals surface area contributed by atoms with E-state index >= 15 is 0 Å². The van der Waals surface area contributed by atoms with Crippen LogP contribution in [0.25, 0.3) is 0 Å². The highest BCUT2D eigenvalue weighted by Crippen LogP contribution is 2.14. The van der Waals surface area contributed by atoms with Crippen molar-refractivity contribution in [2.75, 3.05) is 6.26 Å². The van der Waals surface area contributed by atoms with E-state index < -0.39 is 0 Å². The van der Waals surface area contributed by atoms with Crippen molar-refractivity contribution < 1.29 is 14.0 Å². The van der Waals surface area contributed by atoms with Crippen LogP contribution < -0.4 is 10.6 Å². The zero-order chi connectivity index (χ0) is 13.0. The maximum absolute atomic E-state index is 11.5. The number of furan rings is 1. The van der Waals surface area contributed by atoms with E-state index in [1.807, 2.05) is 18.4 Å². The Labute approximate surface area is 110 Å². The van der Waals surface area contributed by atoms with Gasteiger partial charge in [-0.1, -0.05) is 0 Å². The molecule has 1 saturated heterocycles. The number of rotatable bonds is 5. The summed E-state index contributed by atoms with van der Waals surface area (Å²) >= 11 is 1.70. The van der Waals surface area contributed by atoms with E-state index in [0.29, 0.717) is 19.4 Å². The lowest BCUT2D eigenvalue weighted by Gasteiger charge is -2.21. The van der Waals surface area contributed by atoms with E-state index in [0.717, 1.165) is 17.3 Å². The number of carbonyl (C=O) groups excluding carboxylic acids is 2. The van der Waals surface area contributed by atoms with Crippen molar-refractivity contribution in [3.05, 3.63) is 23.7 Å². The van der Waals surface area contributed by atoms with Crippen LogP contribution in [0, 0.1) is 0 Å². The average molecular weight is 268 g/mol. The topological polar surface area (TPSA) is 71.3 Å². The monoisotopic (exact) mass is 268 g/mol. The Morgan fingerprint density at radius 2 is 2.22 bits per heavy atom.